The summed E-state index contributed by atoms with van der Waals surface area (Å²) in [5, 5.41) is 11.0. The van der Waals surface area contributed by atoms with Crippen LogP contribution in [0.25, 0.3) is 11.4 Å². The molecule has 2 aromatic rings. The van der Waals surface area contributed by atoms with E-state index in [2.05, 4.69) is 98.9 Å². The fourth-order valence-electron chi connectivity index (χ4n) is 8.21. The van der Waals surface area contributed by atoms with Crippen molar-refractivity contribution >= 4 is 52.8 Å². The summed E-state index contributed by atoms with van der Waals surface area (Å²) in [5.74, 6) is 2.30. The molecule has 2 aromatic heterocycles. The minimum absolute atomic E-state index is 0.363. The van der Waals surface area contributed by atoms with Gasteiger partial charge >= 0.3 is 0 Å². The number of aromatic nitrogens is 4. The van der Waals surface area contributed by atoms with Gasteiger partial charge in [0.1, 0.15) is 16.1 Å². The molecule has 0 N–H and O–H groups in total. The van der Waals surface area contributed by atoms with E-state index in [4.69, 9.17) is 35.5 Å². The van der Waals surface area contributed by atoms with Crippen molar-refractivity contribution in [1.29, 1.82) is 0 Å². The molecule has 4 nitrogen and oxygen atoms in total. The molecule has 0 radical (unpaired) electrons. The first-order valence-corrected chi connectivity index (χ1v) is 24.7. The third-order valence-electron chi connectivity index (χ3n) is 11.9. The summed E-state index contributed by atoms with van der Waals surface area (Å²) in [7, 11) is -3.37. The Bertz CT molecular complexity index is 1440. The van der Waals surface area contributed by atoms with Crippen LogP contribution in [0.3, 0.4) is 0 Å². The van der Waals surface area contributed by atoms with Gasteiger partial charge in [0.25, 0.3) is 0 Å². The average Bonchev–Trinajstić information content (AvgIpc) is 3.78. The standard InChI is InChI=1S/C37H56N4S2Si2/c1-25(27-15-11-9-12-16-27)31-23-33(38-40(31)29-19-21-44(5,6)35(29)42)37(3,4)34-24-32(26(2)28-17-13-10-14-18-28)41(39-34)30-20-22-45(7,8)36(30)43/h19-28,42-43H,9-18H2,1-8H3. The van der Waals surface area contributed by atoms with E-state index in [0.717, 1.165) is 11.4 Å². The number of nitrogens with zero attached hydrogens (tertiary/aromatic N) is 4. The normalized spacial score (nSPS) is 23.9. The summed E-state index contributed by atoms with van der Waals surface area (Å²) in [4.78, 5) is 0. The van der Waals surface area contributed by atoms with Gasteiger partial charge in [-0.1, -0.05) is 90.0 Å². The highest BCUT2D eigenvalue weighted by molar-refractivity contribution is 7.88. The van der Waals surface area contributed by atoms with Crippen LogP contribution in [-0.2, 0) is 5.41 Å². The predicted octanol–water partition coefficient (Wildman–Crippen LogP) is 10.7. The molecule has 4 heterocycles. The Morgan fingerprint density at radius 1 is 0.667 bits per heavy atom. The number of allylic oxidation sites excluding steroid dienone is 4. The number of thiol groups is 2. The molecule has 2 aliphatic carbocycles. The Morgan fingerprint density at radius 2 is 1.02 bits per heavy atom. The van der Waals surface area contributed by atoms with E-state index in [9.17, 15) is 0 Å². The fourth-order valence-corrected chi connectivity index (χ4v) is 12.2. The molecule has 2 unspecified atom stereocenters. The first kappa shape index (κ1) is 33.4. The van der Waals surface area contributed by atoms with Crippen LogP contribution in [0.15, 0.2) is 44.7 Å². The maximum atomic E-state index is 5.48. The van der Waals surface area contributed by atoms with Crippen LogP contribution in [-0.4, -0.2) is 35.7 Å². The van der Waals surface area contributed by atoms with E-state index in [0.29, 0.717) is 23.7 Å². The molecule has 6 rings (SSSR count). The van der Waals surface area contributed by atoms with E-state index in [-0.39, 0.29) is 5.41 Å². The van der Waals surface area contributed by atoms with Gasteiger partial charge in [-0.3, -0.25) is 0 Å². The Hall–Kier alpha value is -1.49. The minimum atomic E-state index is -1.68. The molecular weight excluding hydrogens is 621 g/mol. The summed E-state index contributed by atoms with van der Waals surface area (Å²) < 4.78 is 7.02. The molecule has 0 amide bonds. The lowest BCUT2D eigenvalue weighted by atomic mass is 9.78. The zero-order valence-electron chi connectivity index (χ0n) is 29.0. The van der Waals surface area contributed by atoms with Crippen molar-refractivity contribution in [2.24, 2.45) is 11.8 Å². The molecular formula is C37H56N4S2Si2. The van der Waals surface area contributed by atoms with Crippen LogP contribution in [0.1, 0.15) is 127 Å². The van der Waals surface area contributed by atoms with E-state index >= 15 is 0 Å². The third-order valence-corrected chi connectivity index (χ3v) is 20.7. The zero-order chi connectivity index (χ0) is 32.3. The summed E-state index contributed by atoms with van der Waals surface area (Å²) >= 11 is 10.2. The van der Waals surface area contributed by atoms with Gasteiger partial charge < -0.3 is 0 Å². The van der Waals surface area contributed by atoms with Gasteiger partial charge in [-0.25, -0.2) is 9.36 Å². The number of hydrogen-bond donors (Lipinski definition) is 2. The van der Waals surface area contributed by atoms with E-state index in [1.165, 1.54) is 96.0 Å². The summed E-state index contributed by atoms with van der Waals surface area (Å²) in [6.07, 6.45) is 18.0. The van der Waals surface area contributed by atoms with Gasteiger partial charge in [0.15, 0.2) is 0 Å². The molecule has 2 saturated carbocycles. The lowest BCUT2D eigenvalue weighted by Crippen LogP contribution is -2.23. The SMILES string of the molecule is CC(c1cc(C(C)(C)c2cc(C(C)C3CCCCC3)n(C3=C(S)[Si](C)(C)C=C3)n2)nn1C1=C(S)[Si](C)(C)C=C1)C1CCCCC1. The van der Waals surface area contributed by atoms with Crippen LogP contribution in [0, 0.1) is 11.8 Å². The molecule has 244 valence electrons. The number of hydrogen-bond acceptors (Lipinski definition) is 4. The van der Waals surface area contributed by atoms with E-state index in [1.807, 2.05) is 0 Å². The molecule has 0 bridgehead atoms. The lowest BCUT2D eigenvalue weighted by molar-refractivity contribution is 0.310. The van der Waals surface area contributed by atoms with Crippen LogP contribution in [0.2, 0.25) is 26.2 Å². The third kappa shape index (κ3) is 6.15. The molecule has 2 aliphatic heterocycles. The Kier molecular flexibility index (Phi) is 9.29. The fraction of sp³-hybridized carbons (Fsp3) is 0.622. The quantitative estimate of drug-likeness (QED) is 0.216. The summed E-state index contributed by atoms with van der Waals surface area (Å²) in [6.45, 7) is 19.1. The smallest absolute Gasteiger partial charge is 0.114 e. The molecule has 8 heteroatoms. The monoisotopic (exact) mass is 676 g/mol. The van der Waals surface area contributed by atoms with E-state index in [1.54, 1.807) is 0 Å². The van der Waals surface area contributed by atoms with Crippen molar-refractivity contribution in [3.63, 3.8) is 0 Å². The minimum Gasteiger partial charge on any atom is -0.237 e. The largest absolute Gasteiger partial charge is 0.237 e. The highest BCUT2D eigenvalue weighted by Gasteiger charge is 2.38. The molecule has 0 saturated heterocycles. The Balaban J connectivity index is 1.46. The highest BCUT2D eigenvalue weighted by atomic mass is 32.1. The Morgan fingerprint density at radius 3 is 1.33 bits per heavy atom. The van der Waals surface area contributed by atoms with Gasteiger partial charge in [-0.2, -0.15) is 10.2 Å². The van der Waals surface area contributed by atoms with Gasteiger partial charge in [0.05, 0.1) is 28.2 Å². The van der Waals surface area contributed by atoms with Crippen molar-refractivity contribution in [1.82, 2.24) is 19.6 Å². The van der Waals surface area contributed by atoms with Crippen LogP contribution < -0.4 is 0 Å². The van der Waals surface area contributed by atoms with Crippen molar-refractivity contribution in [3.05, 3.63) is 67.5 Å². The van der Waals surface area contributed by atoms with Crippen molar-refractivity contribution < 1.29 is 0 Å². The maximum absolute atomic E-state index is 5.48. The van der Waals surface area contributed by atoms with Crippen LogP contribution in [0.5, 0.6) is 0 Å². The zero-order valence-corrected chi connectivity index (χ0v) is 32.8. The highest BCUT2D eigenvalue weighted by Crippen LogP contribution is 2.44. The summed E-state index contributed by atoms with van der Waals surface area (Å²) in [6, 6.07) is 4.85. The van der Waals surface area contributed by atoms with Gasteiger partial charge in [0.2, 0.25) is 0 Å². The van der Waals surface area contributed by atoms with Gasteiger partial charge in [-0.05, 0) is 84.7 Å². The average molecular weight is 677 g/mol. The molecule has 0 spiro atoms. The topological polar surface area (TPSA) is 35.6 Å². The predicted molar refractivity (Wildman–Crippen MR) is 204 cm³/mol. The summed E-state index contributed by atoms with van der Waals surface area (Å²) in [5.41, 5.74) is 11.7. The molecule has 4 aliphatic rings. The molecule has 2 fully saturated rings. The maximum Gasteiger partial charge on any atom is 0.114 e. The molecule has 2 atom stereocenters. The second-order valence-electron chi connectivity index (χ2n) is 16.3. The van der Waals surface area contributed by atoms with Crippen molar-refractivity contribution in [2.45, 2.75) is 135 Å². The molecule has 0 aromatic carbocycles. The Labute approximate surface area is 285 Å². The number of rotatable bonds is 8. The van der Waals surface area contributed by atoms with Gasteiger partial charge in [0, 0.05) is 23.2 Å². The van der Waals surface area contributed by atoms with E-state index < -0.39 is 16.1 Å². The second-order valence-corrected chi connectivity index (χ2v) is 26.6. The van der Waals surface area contributed by atoms with Gasteiger partial charge in [-0.15, -0.1) is 25.3 Å². The lowest BCUT2D eigenvalue weighted by Gasteiger charge is -2.28. The second kappa shape index (κ2) is 12.5. The first-order valence-electron chi connectivity index (χ1n) is 17.7. The van der Waals surface area contributed by atoms with Crippen LogP contribution >= 0.6 is 25.3 Å². The van der Waals surface area contributed by atoms with Crippen molar-refractivity contribution in [2.75, 3.05) is 0 Å². The van der Waals surface area contributed by atoms with Crippen LogP contribution in [0.4, 0.5) is 0 Å². The molecule has 45 heavy (non-hydrogen) atoms. The first-order chi connectivity index (χ1) is 21.2. The van der Waals surface area contributed by atoms with Crippen molar-refractivity contribution in [3.8, 4) is 0 Å².